The number of carbonyl (C=O) groups is 1. The number of carbonyl (C=O) groups excluding carboxylic acids is 1. The second-order valence-electron chi connectivity index (χ2n) is 4.65. The number of nitrogens with two attached hydrogens (primary N) is 1. The molecule has 1 atom stereocenters. The smallest absolute Gasteiger partial charge is 0.320 e. The first-order valence-corrected chi connectivity index (χ1v) is 8.02. The second-order valence-corrected chi connectivity index (χ2v) is 6.21. The van der Waals surface area contributed by atoms with Gasteiger partial charge in [0.25, 0.3) is 0 Å². The number of pyridine rings is 1. The first-order chi connectivity index (χ1) is 10.4. The van der Waals surface area contributed by atoms with Crippen LogP contribution in [-0.2, 0) is 10.0 Å². The molecule has 0 spiro atoms. The van der Waals surface area contributed by atoms with Gasteiger partial charge in [0.05, 0.1) is 10.9 Å². The molecule has 4 N–H and O–H groups in total. The van der Waals surface area contributed by atoms with Crippen LogP contribution in [0, 0.1) is 0 Å². The fourth-order valence-corrected chi connectivity index (χ4v) is 2.33. The highest BCUT2D eigenvalue weighted by Gasteiger charge is 2.12. The van der Waals surface area contributed by atoms with Gasteiger partial charge in [0, 0.05) is 6.20 Å². The molecule has 0 radical (unpaired) electrons. The summed E-state index contributed by atoms with van der Waals surface area (Å²) in [7, 11) is -3.72. The van der Waals surface area contributed by atoms with Crippen molar-refractivity contribution in [2.24, 2.45) is 5.14 Å². The first-order valence-electron chi connectivity index (χ1n) is 6.47. The van der Waals surface area contributed by atoms with Crippen molar-refractivity contribution in [2.75, 3.05) is 5.32 Å². The van der Waals surface area contributed by atoms with E-state index < -0.39 is 16.1 Å². The molecule has 0 fully saturated rings. The summed E-state index contributed by atoms with van der Waals surface area (Å²) < 4.78 is 22.4. The van der Waals surface area contributed by atoms with E-state index in [0.29, 0.717) is 5.82 Å². The summed E-state index contributed by atoms with van der Waals surface area (Å²) >= 11 is 0. The van der Waals surface area contributed by atoms with Gasteiger partial charge in [-0.2, -0.15) is 0 Å². The Morgan fingerprint density at radius 3 is 2.41 bits per heavy atom. The third kappa shape index (κ3) is 4.27. The van der Waals surface area contributed by atoms with Gasteiger partial charge in [-0.3, -0.25) is 5.32 Å². The molecule has 2 rings (SSSR count). The Bertz CT molecular complexity index is 745. The number of nitrogens with zero attached hydrogens (tertiary/aromatic N) is 1. The van der Waals surface area contributed by atoms with Gasteiger partial charge in [0.15, 0.2) is 0 Å². The van der Waals surface area contributed by atoms with Crippen LogP contribution >= 0.6 is 0 Å². The zero-order valence-corrected chi connectivity index (χ0v) is 12.7. The van der Waals surface area contributed by atoms with Gasteiger partial charge in [-0.15, -0.1) is 0 Å². The molecule has 0 aliphatic rings. The van der Waals surface area contributed by atoms with Crippen LogP contribution in [0.1, 0.15) is 18.5 Å². The van der Waals surface area contributed by atoms with Gasteiger partial charge in [-0.25, -0.2) is 23.3 Å². The maximum atomic E-state index is 11.8. The van der Waals surface area contributed by atoms with E-state index >= 15 is 0 Å². The van der Waals surface area contributed by atoms with Gasteiger partial charge in [0.2, 0.25) is 10.0 Å². The normalized spacial score (nSPS) is 12.5. The molecule has 1 aromatic carbocycles. The number of benzene rings is 1. The number of hydrogen-bond donors (Lipinski definition) is 3. The lowest BCUT2D eigenvalue weighted by atomic mass is 10.1. The fraction of sp³-hybridized carbons (Fsp3) is 0.143. The molecule has 1 aromatic heterocycles. The molecule has 0 unspecified atom stereocenters. The molecular weight excluding hydrogens is 304 g/mol. The molecule has 0 aliphatic carbocycles. The predicted molar refractivity (Wildman–Crippen MR) is 82.6 cm³/mol. The minimum absolute atomic E-state index is 0.0291. The molecular formula is C14H16N4O3S. The van der Waals surface area contributed by atoms with E-state index in [2.05, 4.69) is 15.6 Å². The van der Waals surface area contributed by atoms with Crippen LogP contribution in [0.5, 0.6) is 0 Å². The molecule has 22 heavy (non-hydrogen) atoms. The molecule has 0 saturated heterocycles. The molecule has 0 saturated carbocycles. The van der Waals surface area contributed by atoms with Crippen LogP contribution in [0.4, 0.5) is 10.6 Å². The van der Waals surface area contributed by atoms with Gasteiger partial charge < -0.3 is 5.32 Å². The zero-order chi connectivity index (χ0) is 16.2. The summed E-state index contributed by atoms with van der Waals surface area (Å²) in [6.07, 6.45) is 1.57. The average molecular weight is 320 g/mol. The number of aromatic nitrogens is 1. The van der Waals surface area contributed by atoms with E-state index in [0.717, 1.165) is 5.56 Å². The van der Waals surface area contributed by atoms with Crippen molar-refractivity contribution in [1.82, 2.24) is 10.3 Å². The van der Waals surface area contributed by atoms with Gasteiger partial charge in [0.1, 0.15) is 5.82 Å². The van der Waals surface area contributed by atoms with Crippen LogP contribution in [0.25, 0.3) is 0 Å². The molecule has 116 valence electrons. The van der Waals surface area contributed by atoms with Crippen molar-refractivity contribution in [3.05, 3.63) is 54.2 Å². The van der Waals surface area contributed by atoms with E-state index in [9.17, 15) is 13.2 Å². The largest absolute Gasteiger partial charge is 0.331 e. The number of urea groups is 1. The Morgan fingerprint density at radius 2 is 1.86 bits per heavy atom. The van der Waals surface area contributed by atoms with Crippen molar-refractivity contribution < 1.29 is 13.2 Å². The third-order valence-electron chi connectivity index (χ3n) is 2.96. The fourth-order valence-electron chi connectivity index (χ4n) is 1.82. The number of primary sulfonamides is 1. The van der Waals surface area contributed by atoms with Crippen LogP contribution < -0.4 is 15.8 Å². The lowest BCUT2D eigenvalue weighted by Gasteiger charge is -2.15. The first kappa shape index (κ1) is 15.9. The molecule has 0 bridgehead atoms. The predicted octanol–water partition coefficient (Wildman–Crippen LogP) is 1.61. The van der Waals surface area contributed by atoms with Gasteiger partial charge in [-0.1, -0.05) is 18.2 Å². The van der Waals surface area contributed by atoms with Crippen molar-refractivity contribution in [2.45, 2.75) is 17.9 Å². The number of anilines is 1. The zero-order valence-electron chi connectivity index (χ0n) is 11.9. The lowest BCUT2D eigenvalue weighted by Crippen LogP contribution is -2.31. The molecule has 2 aromatic rings. The Morgan fingerprint density at radius 1 is 1.18 bits per heavy atom. The SMILES string of the molecule is C[C@@H](NC(=O)Nc1ccccn1)c1ccc(S(N)(=O)=O)cc1. The Labute approximate surface area is 128 Å². The minimum Gasteiger partial charge on any atom is -0.331 e. The van der Waals surface area contributed by atoms with Crippen molar-refractivity contribution in [3.8, 4) is 0 Å². The van der Waals surface area contributed by atoms with E-state index in [1.165, 1.54) is 12.1 Å². The van der Waals surface area contributed by atoms with Gasteiger partial charge in [-0.05, 0) is 36.8 Å². The number of nitrogens with one attached hydrogen (secondary N) is 2. The average Bonchev–Trinajstić information content (AvgIpc) is 2.47. The molecule has 0 aliphatic heterocycles. The monoisotopic (exact) mass is 320 g/mol. The Kier molecular flexibility index (Phi) is 4.74. The van der Waals surface area contributed by atoms with E-state index in [1.54, 1.807) is 43.5 Å². The second kappa shape index (κ2) is 6.54. The highest BCUT2D eigenvalue weighted by Crippen LogP contribution is 2.15. The number of amides is 2. The quantitative estimate of drug-likeness (QED) is 0.794. The van der Waals surface area contributed by atoms with E-state index in [1.807, 2.05) is 0 Å². The maximum absolute atomic E-state index is 11.8. The highest BCUT2D eigenvalue weighted by molar-refractivity contribution is 7.89. The summed E-state index contributed by atoms with van der Waals surface area (Å²) in [6.45, 7) is 1.78. The number of sulfonamides is 1. The van der Waals surface area contributed by atoms with Crippen LogP contribution in [0.2, 0.25) is 0 Å². The van der Waals surface area contributed by atoms with Crippen LogP contribution in [0.3, 0.4) is 0 Å². The Hall–Kier alpha value is -2.45. The summed E-state index contributed by atoms with van der Waals surface area (Å²) in [5.41, 5.74) is 0.753. The third-order valence-corrected chi connectivity index (χ3v) is 3.89. The molecule has 2 amide bonds. The minimum atomic E-state index is -3.72. The summed E-state index contributed by atoms with van der Waals surface area (Å²) in [4.78, 5) is 15.9. The molecule has 7 nitrogen and oxygen atoms in total. The maximum Gasteiger partial charge on any atom is 0.320 e. The standard InChI is InChI=1S/C14H16N4O3S/c1-10(11-5-7-12(8-6-11)22(15,20)21)17-14(19)18-13-4-2-3-9-16-13/h2-10H,1H3,(H2,15,20,21)(H2,16,17,18,19)/t10-/m1/s1. The summed E-state index contributed by atoms with van der Waals surface area (Å²) in [6, 6.07) is 10.5. The summed E-state index contributed by atoms with van der Waals surface area (Å²) in [5.74, 6) is 0.441. The molecule has 8 heteroatoms. The number of rotatable bonds is 4. The number of hydrogen-bond acceptors (Lipinski definition) is 4. The molecule has 1 heterocycles. The van der Waals surface area contributed by atoms with Crippen molar-refractivity contribution >= 4 is 21.9 Å². The van der Waals surface area contributed by atoms with Crippen molar-refractivity contribution in [1.29, 1.82) is 0 Å². The van der Waals surface area contributed by atoms with Crippen LogP contribution in [-0.4, -0.2) is 19.4 Å². The van der Waals surface area contributed by atoms with Crippen LogP contribution in [0.15, 0.2) is 53.6 Å². The van der Waals surface area contributed by atoms with E-state index in [4.69, 9.17) is 5.14 Å². The lowest BCUT2D eigenvalue weighted by molar-refractivity contribution is 0.249. The van der Waals surface area contributed by atoms with Gasteiger partial charge >= 0.3 is 6.03 Å². The summed E-state index contributed by atoms with van der Waals surface area (Å²) in [5, 5.41) is 10.4. The highest BCUT2D eigenvalue weighted by atomic mass is 32.2. The Balaban J connectivity index is 2.00. The van der Waals surface area contributed by atoms with E-state index in [-0.39, 0.29) is 10.9 Å². The topological polar surface area (TPSA) is 114 Å². The van der Waals surface area contributed by atoms with Crippen molar-refractivity contribution in [3.63, 3.8) is 0 Å².